The Morgan fingerprint density at radius 2 is 1.71 bits per heavy atom. The number of oxazole rings is 1. The number of rotatable bonds is 4. The van der Waals surface area contributed by atoms with E-state index in [9.17, 15) is 4.79 Å². The van der Waals surface area contributed by atoms with E-state index < -0.39 is 0 Å². The highest BCUT2D eigenvalue weighted by Crippen LogP contribution is 2.26. The highest BCUT2D eigenvalue weighted by atomic mass is 35.5. The minimum Gasteiger partial charge on any atom is -0.440 e. The van der Waals surface area contributed by atoms with E-state index >= 15 is 0 Å². The number of fused-ring (bicyclic) bond motifs is 1. The van der Waals surface area contributed by atoms with Crippen molar-refractivity contribution in [2.45, 2.75) is 6.54 Å². The van der Waals surface area contributed by atoms with Crippen LogP contribution in [0.1, 0.15) is 5.76 Å². The molecule has 2 aromatic carbocycles. The quantitative estimate of drug-likeness (QED) is 0.459. The van der Waals surface area contributed by atoms with Crippen LogP contribution >= 0.6 is 11.6 Å². The normalized spacial score (nSPS) is 11.2. The van der Waals surface area contributed by atoms with Crippen LogP contribution in [0.15, 0.2) is 82.3 Å². The second-order valence-electron chi connectivity index (χ2n) is 6.84. The third-order valence-electron chi connectivity index (χ3n) is 4.86. The van der Waals surface area contributed by atoms with Crippen LogP contribution in [0.5, 0.6) is 0 Å². The van der Waals surface area contributed by atoms with Crippen molar-refractivity contribution in [3.63, 3.8) is 0 Å². The topological polar surface area (TPSA) is 99.8 Å². The largest absolute Gasteiger partial charge is 0.440 e. The molecule has 0 aliphatic heterocycles. The van der Waals surface area contributed by atoms with Gasteiger partial charge in [0.05, 0.1) is 28.7 Å². The Bertz CT molecular complexity index is 1440. The number of hydrogen-bond donors (Lipinski definition) is 1. The molecule has 31 heavy (non-hydrogen) atoms. The van der Waals surface area contributed by atoms with E-state index in [1.165, 1.54) is 10.8 Å². The third kappa shape index (κ3) is 3.50. The van der Waals surface area contributed by atoms with E-state index in [0.29, 0.717) is 39.2 Å². The summed E-state index contributed by atoms with van der Waals surface area (Å²) in [5.41, 5.74) is 7.53. The minimum absolute atomic E-state index is 0.209. The molecule has 0 fully saturated rings. The number of pyridine rings is 1. The SMILES string of the molecule is NCc1cnc(-c2ccc(-c3nc4ccccc4c(=O)n3-c3ccc(Cl)cn3)cc2)o1. The minimum atomic E-state index is -0.209. The van der Waals surface area contributed by atoms with E-state index in [1.807, 2.05) is 42.5 Å². The maximum atomic E-state index is 13.3. The smallest absolute Gasteiger partial charge is 0.267 e. The molecule has 0 saturated heterocycles. The van der Waals surface area contributed by atoms with Gasteiger partial charge < -0.3 is 10.2 Å². The third-order valence-corrected chi connectivity index (χ3v) is 5.08. The molecule has 0 amide bonds. The number of para-hydroxylation sites is 1. The summed E-state index contributed by atoms with van der Waals surface area (Å²) in [5.74, 6) is 2.00. The van der Waals surface area contributed by atoms with E-state index in [2.05, 4.69) is 9.97 Å². The van der Waals surface area contributed by atoms with Crippen molar-refractivity contribution in [1.82, 2.24) is 19.5 Å². The molecular formula is C23H16ClN5O2. The van der Waals surface area contributed by atoms with Crippen LogP contribution in [0.25, 0.3) is 39.6 Å². The summed E-state index contributed by atoms with van der Waals surface area (Å²) in [7, 11) is 0. The van der Waals surface area contributed by atoms with Gasteiger partial charge in [-0.3, -0.25) is 4.79 Å². The molecule has 3 aromatic heterocycles. The molecule has 0 radical (unpaired) electrons. The van der Waals surface area contributed by atoms with E-state index in [1.54, 1.807) is 24.4 Å². The lowest BCUT2D eigenvalue weighted by Gasteiger charge is -2.13. The molecule has 5 rings (SSSR count). The van der Waals surface area contributed by atoms with Crippen LogP contribution in [-0.4, -0.2) is 19.5 Å². The van der Waals surface area contributed by atoms with Gasteiger partial charge in [-0.1, -0.05) is 35.9 Å². The summed E-state index contributed by atoms with van der Waals surface area (Å²) in [4.78, 5) is 26.7. The summed E-state index contributed by atoms with van der Waals surface area (Å²) in [6.45, 7) is 0.284. The first-order valence-corrected chi connectivity index (χ1v) is 9.91. The summed E-state index contributed by atoms with van der Waals surface area (Å²) >= 11 is 5.99. The monoisotopic (exact) mass is 429 g/mol. The molecule has 0 unspecified atom stereocenters. The predicted octanol–water partition coefficient (Wildman–Crippen LogP) is 4.21. The Hall–Kier alpha value is -3.81. The molecule has 3 heterocycles. The molecule has 5 aromatic rings. The van der Waals surface area contributed by atoms with Crippen LogP contribution in [0.2, 0.25) is 5.02 Å². The number of halogens is 1. The van der Waals surface area contributed by atoms with Crippen molar-refractivity contribution in [1.29, 1.82) is 0 Å². The maximum Gasteiger partial charge on any atom is 0.267 e. The molecule has 2 N–H and O–H groups in total. The molecular weight excluding hydrogens is 414 g/mol. The standard InChI is InChI=1S/C23H16ClN5O2/c24-16-9-10-20(26-12-16)29-21(28-19-4-2-1-3-18(19)23(29)30)14-5-7-15(8-6-14)22-27-13-17(11-25)31-22/h1-10,12-13H,11,25H2. The lowest BCUT2D eigenvalue weighted by atomic mass is 10.1. The van der Waals surface area contributed by atoms with Crippen molar-refractivity contribution >= 4 is 22.5 Å². The van der Waals surface area contributed by atoms with Crippen LogP contribution in [-0.2, 0) is 6.54 Å². The van der Waals surface area contributed by atoms with Crippen LogP contribution in [0.3, 0.4) is 0 Å². The Labute approximate surface area is 181 Å². The summed E-state index contributed by atoms with van der Waals surface area (Å²) in [5, 5.41) is 0.993. The van der Waals surface area contributed by atoms with Crippen molar-refractivity contribution < 1.29 is 4.42 Å². The number of hydrogen-bond acceptors (Lipinski definition) is 6. The first-order chi connectivity index (χ1) is 15.1. The first kappa shape index (κ1) is 19.2. The van der Waals surface area contributed by atoms with Gasteiger partial charge in [-0.15, -0.1) is 0 Å². The molecule has 8 heteroatoms. The first-order valence-electron chi connectivity index (χ1n) is 9.53. The van der Waals surface area contributed by atoms with Crippen molar-refractivity contribution in [2.24, 2.45) is 5.73 Å². The zero-order valence-corrected chi connectivity index (χ0v) is 17.0. The fourth-order valence-electron chi connectivity index (χ4n) is 3.34. The van der Waals surface area contributed by atoms with Crippen LogP contribution < -0.4 is 11.3 Å². The molecule has 152 valence electrons. The second-order valence-corrected chi connectivity index (χ2v) is 7.28. The van der Waals surface area contributed by atoms with E-state index in [0.717, 1.165) is 11.1 Å². The van der Waals surface area contributed by atoms with Crippen molar-refractivity contribution in [3.05, 3.63) is 94.2 Å². The molecule has 0 aliphatic carbocycles. The molecule has 0 saturated carbocycles. The highest BCUT2D eigenvalue weighted by molar-refractivity contribution is 6.30. The zero-order valence-electron chi connectivity index (χ0n) is 16.2. The predicted molar refractivity (Wildman–Crippen MR) is 119 cm³/mol. The lowest BCUT2D eigenvalue weighted by Crippen LogP contribution is -2.22. The fourth-order valence-corrected chi connectivity index (χ4v) is 3.45. The Kier molecular flexibility index (Phi) is 4.82. The van der Waals surface area contributed by atoms with E-state index in [4.69, 9.17) is 26.7 Å². The Morgan fingerprint density at radius 1 is 0.935 bits per heavy atom. The van der Waals surface area contributed by atoms with Gasteiger partial charge in [-0.2, -0.15) is 0 Å². The van der Waals surface area contributed by atoms with Crippen LogP contribution in [0, 0.1) is 0 Å². The number of aromatic nitrogens is 4. The lowest BCUT2D eigenvalue weighted by molar-refractivity contribution is 0.521. The highest BCUT2D eigenvalue weighted by Gasteiger charge is 2.16. The van der Waals surface area contributed by atoms with Gasteiger partial charge in [0.1, 0.15) is 17.4 Å². The van der Waals surface area contributed by atoms with Gasteiger partial charge in [0.15, 0.2) is 0 Å². The number of nitrogens with two attached hydrogens (primary N) is 1. The van der Waals surface area contributed by atoms with Gasteiger partial charge in [0.25, 0.3) is 5.56 Å². The molecule has 7 nitrogen and oxygen atoms in total. The van der Waals surface area contributed by atoms with Crippen molar-refractivity contribution in [2.75, 3.05) is 0 Å². The molecule has 0 atom stereocenters. The molecule has 0 bridgehead atoms. The van der Waals surface area contributed by atoms with Gasteiger partial charge in [-0.05, 0) is 36.4 Å². The molecule has 0 spiro atoms. The number of benzene rings is 2. The summed E-state index contributed by atoms with van der Waals surface area (Å²) < 4.78 is 7.11. The fraction of sp³-hybridized carbons (Fsp3) is 0.0435. The van der Waals surface area contributed by atoms with Crippen molar-refractivity contribution in [3.8, 4) is 28.7 Å². The van der Waals surface area contributed by atoms with Crippen LogP contribution in [0.4, 0.5) is 0 Å². The Balaban J connectivity index is 1.69. The maximum absolute atomic E-state index is 13.3. The average molecular weight is 430 g/mol. The van der Waals surface area contributed by atoms with E-state index in [-0.39, 0.29) is 12.1 Å². The average Bonchev–Trinajstić information content (AvgIpc) is 3.29. The van der Waals surface area contributed by atoms with Gasteiger partial charge in [0, 0.05) is 17.3 Å². The summed E-state index contributed by atoms with van der Waals surface area (Å²) in [6, 6.07) is 18.1. The van der Waals surface area contributed by atoms with Gasteiger partial charge in [0.2, 0.25) is 5.89 Å². The number of nitrogens with zero attached hydrogens (tertiary/aromatic N) is 4. The summed E-state index contributed by atoms with van der Waals surface area (Å²) in [6.07, 6.45) is 3.11. The van der Waals surface area contributed by atoms with Gasteiger partial charge >= 0.3 is 0 Å². The van der Waals surface area contributed by atoms with Gasteiger partial charge in [-0.25, -0.2) is 19.5 Å². The Morgan fingerprint density at radius 3 is 2.42 bits per heavy atom. The molecule has 0 aliphatic rings. The zero-order chi connectivity index (χ0) is 21.4. The second kappa shape index (κ2) is 7.79.